The van der Waals surface area contributed by atoms with Crippen molar-refractivity contribution in [2.24, 2.45) is 0 Å². The summed E-state index contributed by atoms with van der Waals surface area (Å²) in [5, 5.41) is 0. The van der Waals surface area contributed by atoms with Crippen LogP contribution >= 0.6 is 28.8 Å². The molecule has 0 unspecified atom stereocenters. The number of hydrogen-bond acceptors (Lipinski definition) is 3. The second-order valence-corrected chi connectivity index (χ2v) is 3.08. The number of ketones is 1. The van der Waals surface area contributed by atoms with E-state index in [1.807, 2.05) is 0 Å². The summed E-state index contributed by atoms with van der Waals surface area (Å²) in [7, 11) is 0. The van der Waals surface area contributed by atoms with Gasteiger partial charge < -0.3 is 4.18 Å². The summed E-state index contributed by atoms with van der Waals surface area (Å²) in [6.07, 6.45) is 2.28. The molecule has 1 aliphatic carbocycles. The van der Waals surface area contributed by atoms with E-state index in [0.717, 1.165) is 12.8 Å². The zero-order valence-corrected chi connectivity index (χ0v) is 7.74. The van der Waals surface area contributed by atoms with Crippen molar-refractivity contribution in [3.63, 3.8) is 0 Å². The molecule has 0 saturated heterocycles. The fraction of sp³-hybridized carbons (Fsp3) is 0.500. The van der Waals surface area contributed by atoms with Gasteiger partial charge in [0.25, 0.3) is 0 Å². The van der Waals surface area contributed by atoms with Gasteiger partial charge in [0.05, 0.1) is 4.48 Å². The van der Waals surface area contributed by atoms with Gasteiger partial charge in [0.15, 0.2) is 5.78 Å². The van der Waals surface area contributed by atoms with Crippen LogP contribution in [0, 0.1) is 0 Å². The normalized spacial score (nSPS) is 19.6. The van der Waals surface area contributed by atoms with Gasteiger partial charge in [-0.15, -0.1) is 0 Å². The Kier molecular flexibility index (Phi) is 2.80. The molecule has 2 nitrogen and oxygen atoms in total. The highest BCUT2D eigenvalue weighted by molar-refractivity contribution is 9.12. The van der Waals surface area contributed by atoms with Gasteiger partial charge in [-0.1, -0.05) is 0 Å². The number of carbonyl (C=O) groups is 1. The number of carbonyl (C=O) groups excluding carboxylic acids is 1. The number of allylic oxidation sites excluding steroid dienone is 2. The van der Waals surface area contributed by atoms with Gasteiger partial charge in [0, 0.05) is 25.8 Å². The van der Waals surface area contributed by atoms with Gasteiger partial charge in [-0.2, -0.15) is 0 Å². The van der Waals surface area contributed by atoms with Gasteiger partial charge >= 0.3 is 0 Å². The van der Waals surface area contributed by atoms with E-state index in [0.29, 0.717) is 16.7 Å². The third-order valence-corrected chi connectivity index (χ3v) is 2.51. The largest absolute Gasteiger partial charge is 0.432 e. The van der Waals surface area contributed by atoms with Crippen LogP contribution < -0.4 is 0 Å². The molecule has 1 aliphatic rings. The highest BCUT2D eigenvalue weighted by atomic mass is 79.9. The lowest BCUT2D eigenvalue weighted by atomic mass is 10.1. The summed E-state index contributed by atoms with van der Waals surface area (Å²) >= 11 is 6.76. The molecular formula is C6H7BrO2S. The maximum Gasteiger partial charge on any atom is 0.173 e. The fourth-order valence-electron chi connectivity index (χ4n) is 0.870. The minimum atomic E-state index is 0.107. The predicted molar refractivity (Wildman–Crippen MR) is 44.9 cm³/mol. The number of thiol groups is 1. The second-order valence-electron chi connectivity index (χ2n) is 2.11. The van der Waals surface area contributed by atoms with Crippen LogP contribution in [0.2, 0.25) is 0 Å². The molecule has 0 saturated carbocycles. The first kappa shape index (κ1) is 8.14. The molecule has 0 heterocycles. The molecule has 0 radical (unpaired) electrons. The molecule has 0 aromatic heterocycles. The lowest BCUT2D eigenvalue weighted by Gasteiger charge is -2.11. The van der Waals surface area contributed by atoms with E-state index < -0.39 is 0 Å². The van der Waals surface area contributed by atoms with Crippen molar-refractivity contribution < 1.29 is 8.98 Å². The number of rotatable bonds is 1. The van der Waals surface area contributed by atoms with E-state index in [4.69, 9.17) is 0 Å². The van der Waals surface area contributed by atoms with Crippen LogP contribution in [0.1, 0.15) is 19.3 Å². The highest BCUT2D eigenvalue weighted by Crippen LogP contribution is 2.27. The Labute approximate surface area is 73.4 Å². The van der Waals surface area contributed by atoms with Crippen LogP contribution in [0.25, 0.3) is 0 Å². The first-order chi connectivity index (χ1) is 4.75. The zero-order chi connectivity index (χ0) is 7.56. The number of halogens is 1. The lowest BCUT2D eigenvalue weighted by Crippen LogP contribution is -2.07. The molecule has 0 amide bonds. The second kappa shape index (κ2) is 3.44. The van der Waals surface area contributed by atoms with Crippen LogP contribution in [0.3, 0.4) is 0 Å². The molecule has 0 aliphatic heterocycles. The predicted octanol–water partition coefficient (Wildman–Crippen LogP) is 2.21. The molecule has 0 aromatic carbocycles. The SMILES string of the molecule is O=C1CCCC(OS)=C1Br. The molecule has 0 bridgehead atoms. The van der Waals surface area contributed by atoms with E-state index >= 15 is 0 Å². The van der Waals surface area contributed by atoms with Gasteiger partial charge in [-0.25, -0.2) is 0 Å². The molecule has 0 atom stereocenters. The lowest BCUT2D eigenvalue weighted by molar-refractivity contribution is -0.115. The molecular weight excluding hydrogens is 216 g/mol. The van der Waals surface area contributed by atoms with Gasteiger partial charge in [0.1, 0.15) is 5.76 Å². The summed E-state index contributed by atoms with van der Waals surface area (Å²) in [6, 6.07) is 0. The van der Waals surface area contributed by atoms with Crippen molar-refractivity contribution in [3.05, 3.63) is 10.2 Å². The zero-order valence-electron chi connectivity index (χ0n) is 5.26. The third kappa shape index (κ3) is 1.55. The minimum absolute atomic E-state index is 0.107. The monoisotopic (exact) mass is 222 g/mol. The first-order valence-electron chi connectivity index (χ1n) is 2.99. The van der Waals surface area contributed by atoms with Crippen LogP contribution in [0.5, 0.6) is 0 Å². The number of hydrogen-bond donors (Lipinski definition) is 1. The Hall–Kier alpha value is 0.0400. The Bertz CT molecular complexity index is 188. The first-order valence-corrected chi connectivity index (χ1v) is 4.15. The molecule has 0 fully saturated rings. The molecule has 1 rings (SSSR count). The molecule has 4 heteroatoms. The van der Waals surface area contributed by atoms with Crippen molar-refractivity contribution in [2.45, 2.75) is 19.3 Å². The van der Waals surface area contributed by atoms with Crippen molar-refractivity contribution in [1.29, 1.82) is 0 Å². The van der Waals surface area contributed by atoms with E-state index in [1.165, 1.54) is 0 Å². The van der Waals surface area contributed by atoms with Crippen LogP contribution in [-0.4, -0.2) is 5.78 Å². The van der Waals surface area contributed by atoms with Crippen molar-refractivity contribution in [3.8, 4) is 0 Å². The molecule has 0 aromatic rings. The van der Waals surface area contributed by atoms with Crippen LogP contribution in [0.15, 0.2) is 10.2 Å². The molecule has 0 spiro atoms. The third-order valence-electron chi connectivity index (χ3n) is 1.41. The van der Waals surface area contributed by atoms with Gasteiger partial charge in [0.2, 0.25) is 0 Å². The van der Waals surface area contributed by atoms with Gasteiger partial charge in [-0.05, 0) is 22.4 Å². The average Bonchev–Trinajstić information content (AvgIpc) is 1.95. The average molecular weight is 223 g/mol. The van der Waals surface area contributed by atoms with E-state index in [2.05, 4.69) is 33.0 Å². The number of Topliss-reactive ketones (excluding diaryl/α,β-unsaturated/α-hetero) is 1. The van der Waals surface area contributed by atoms with Crippen LogP contribution in [0.4, 0.5) is 0 Å². The van der Waals surface area contributed by atoms with E-state index in [-0.39, 0.29) is 5.78 Å². The molecule has 0 N–H and O–H groups in total. The van der Waals surface area contributed by atoms with Crippen molar-refractivity contribution in [2.75, 3.05) is 0 Å². The summed E-state index contributed by atoms with van der Waals surface area (Å²) < 4.78 is 5.23. The standard InChI is InChI=1S/C6H7BrO2S/c7-6-4(8)2-1-3-5(6)9-10/h10H,1-3H2. The Morgan fingerprint density at radius 1 is 1.50 bits per heavy atom. The maximum atomic E-state index is 10.9. The maximum absolute atomic E-state index is 10.9. The minimum Gasteiger partial charge on any atom is -0.432 e. The van der Waals surface area contributed by atoms with E-state index in [9.17, 15) is 4.79 Å². The smallest absolute Gasteiger partial charge is 0.173 e. The Morgan fingerprint density at radius 2 is 2.20 bits per heavy atom. The van der Waals surface area contributed by atoms with Gasteiger partial charge in [-0.3, -0.25) is 4.79 Å². The summed E-state index contributed by atoms with van der Waals surface area (Å²) in [5.74, 6) is 0.759. The Balaban J connectivity index is 2.82. The summed E-state index contributed by atoms with van der Waals surface area (Å²) in [5.41, 5.74) is 0. The summed E-state index contributed by atoms with van der Waals surface area (Å²) in [6.45, 7) is 0. The topological polar surface area (TPSA) is 26.3 Å². The van der Waals surface area contributed by atoms with Crippen LogP contribution in [-0.2, 0) is 8.98 Å². The highest BCUT2D eigenvalue weighted by Gasteiger charge is 2.18. The quantitative estimate of drug-likeness (QED) is 0.544. The van der Waals surface area contributed by atoms with Crippen molar-refractivity contribution in [1.82, 2.24) is 0 Å². The van der Waals surface area contributed by atoms with Crippen molar-refractivity contribution >= 4 is 34.6 Å². The fourth-order valence-corrected chi connectivity index (χ4v) is 1.66. The molecule has 56 valence electrons. The molecule has 10 heavy (non-hydrogen) atoms. The van der Waals surface area contributed by atoms with E-state index in [1.54, 1.807) is 0 Å². The summed E-state index contributed by atoms with van der Waals surface area (Å²) in [4.78, 5) is 10.9. The Morgan fingerprint density at radius 3 is 2.70 bits per heavy atom.